The van der Waals surface area contributed by atoms with Gasteiger partial charge in [0, 0.05) is 67.4 Å². The average Bonchev–Trinajstić information content (AvgIpc) is 3.44. The van der Waals surface area contributed by atoms with Gasteiger partial charge in [0.05, 0.1) is 30.2 Å². The topological polar surface area (TPSA) is 72.4 Å². The molecule has 1 amide bonds. The molecule has 3 heterocycles. The highest BCUT2D eigenvalue weighted by Crippen LogP contribution is 2.45. The van der Waals surface area contributed by atoms with Crippen molar-refractivity contribution in [3.63, 3.8) is 0 Å². The molecule has 1 N–H and O–H groups in total. The molecular weight excluding hydrogens is 469 g/mol. The lowest BCUT2D eigenvalue weighted by Gasteiger charge is -2.43. The first-order valence-electron chi connectivity index (χ1n) is 11.9. The molecule has 1 aromatic heterocycles. The maximum Gasteiger partial charge on any atom is 0.417 e. The summed E-state index contributed by atoms with van der Waals surface area (Å²) in [6.07, 6.45) is -1.72. The fourth-order valence-corrected chi connectivity index (χ4v) is 5.84. The molecule has 36 heavy (non-hydrogen) atoms. The smallest absolute Gasteiger partial charge is 0.384 e. The van der Waals surface area contributed by atoms with Gasteiger partial charge in [0.15, 0.2) is 0 Å². The molecule has 2 aliphatic rings. The van der Waals surface area contributed by atoms with Crippen LogP contribution in [0, 0.1) is 22.7 Å². The first kappa shape index (κ1) is 24.2. The Morgan fingerprint density at radius 2 is 2.06 bits per heavy atom. The molecule has 0 radical (unpaired) electrons. The van der Waals surface area contributed by atoms with Gasteiger partial charge in [-0.05, 0) is 36.2 Å². The highest BCUT2D eigenvalue weighted by Gasteiger charge is 2.50. The van der Waals surface area contributed by atoms with Crippen LogP contribution in [-0.4, -0.2) is 55.7 Å². The summed E-state index contributed by atoms with van der Waals surface area (Å²) < 4.78 is 46.2. The Kier molecular flexibility index (Phi) is 6.17. The molecule has 2 aromatic carbocycles. The van der Waals surface area contributed by atoms with E-state index in [1.165, 1.54) is 6.07 Å². The van der Waals surface area contributed by atoms with Crippen molar-refractivity contribution in [2.45, 2.75) is 19.0 Å². The van der Waals surface area contributed by atoms with Crippen molar-refractivity contribution in [1.29, 1.82) is 5.26 Å². The molecule has 0 bridgehead atoms. The summed E-state index contributed by atoms with van der Waals surface area (Å²) in [6.45, 7) is 2.64. The number of nitrogens with one attached hydrogen (secondary N) is 1. The van der Waals surface area contributed by atoms with Crippen molar-refractivity contribution in [3.05, 3.63) is 65.4 Å². The minimum absolute atomic E-state index is 0.0435. The number of carbonyl (C=O) groups excluding carboxylic acids is 1. The summed E-state index contributed by atoms with van der Waals surface area (Å²) in [4.78, 5) is 20.3. The fourth-order valence-electron chi connectivity index (χ4n) is 5.84. The van der Waals surface area contributed by atoms with Crippen LogP contribution in [0.15, 0.2) is 48.7 Å². The first-order valence-corrected chi connectivity index (χ1v) is 11.9. The number of piperidine rings is 1. The number of amides is 1. The van der Waals surface area contributed by atoms with E-state index in [0.717, 1.165) is 22.5 Å². The van der Waals surface area contributed by atoms with Crippen LogP contribution < -0.4 is 4.90 Å². The van der Waals surface area contributed by atoms with E-state index in [9.17, 15) is 18.0 Å². The Hall–Kier alpha value is -3.51. The number of halogens is 3. The van der Waals surface area contributed by atoms with Crippen LogP contribution in [0.1, 0.15) is 23.1 Å². The zero-order valence-electron chi connectivity index (χ0n) is 19.9. The minimum Gasteiger partial charge on any atom is -0.384 e. The molecule has 2 aliphatic heterocycles. The number of nitriles is 1. The van der Waals surface area contributed by atoms with Crippen molar-refractivity contribution >= 4 is 22.5 Å². The molecule has 0 spiro atoms. The number of benzene rings is 2. The summed E-state index contributed by atoms with van der Waals surface area (Å²) in [5, 5.41) is 10.2. The minimum atomic E-state index is -4.61. The number of alkyl halides is 3. The van der Waals surface area contributed by atoms with Crippen LogP contribution >= 0.6 is 0 Å². The number of rotatable bonds is 5. The molecular formula is C27H27F3N4O2. The Bertz CT molecular complexity index is 1330. The second kappa shape index (κ2) is 9.17. The number of aromatic amines is 1. The summed E-state index contributed by atoms with van der Waals surface area (Å²) in [7, 11) is 1.63. The molecule has 3 aromatic rings. The summed E-state index contributed by atoms with van der Waals surface area (Å²) in [5.41, 5.74) is 0.818. The number of likely N-dealkylation sites (tertiary alicyclic amines) is 1. The molecule has 9 heteroatoms. The predicted octanol–water partition coefficient (Wildman–Crippen LogP) is 4.60. The van der Waals surface area contributed by atoms with E-state index >= 15 is 0 Å². The average molecular weight is 497 g/mol. The number of aromatic nitrogens is 1. The van der Waals surface area contributed by atoms with Gasteiger partial charge in [0.2, 0.25) is 5.91 Å². The summed E-state index contributed by atoms with van der Waals surface area (Å²) >= 11 is 0. The largest absolute Gasteiger partial charge is 0.417 e. The van der Waals surface area contributed by atoms with E-state index < -0.39 is 11.7 Å². The molecule has 2 fully saturated rings. The number of para-hydroxylation sites is 1. The van der Waals surface area contributed by atoms with Crippen LogP contribution in [0.25, 0.3) is 10.9 Å². The maximum absolute atomic E-state index is 13.6. The van der Waals surface area contributed by atoms with Gasteiger partial charge in [0.1, 0.15) is 0 Å². The van der Waals surface area contributed by atoms with E-state index in [0.29, 0.717) is 51.3 Å². The van der Waals surface area contributed by atoms with Crippen molar-refractivity contribution in [3.8, 4) is 6.07 Å². The van der Waals surface area contributed by atoms with Gasteiger partial charge in [-0.3, -0.25) is 4.79 Å². The summed E-state index contributed by atoms with van der Waals surface area (Å²) in [6, 6.07) is 13.4. The molecule has 0 saturated carbocycles. The standard InChI is InChI=1S/C27H27F3N4O2/c1-36-17-26-8-9-33(25(35)10-19-13-32-24-5-3-2-4-22(19)24)14-20(26)15-34(16-26)21-7-6-18(12-31)23(11-21)27(28,29)30/h2-7,11,13,20,32H,8-10,14-17H2,1H3/t20-,26+/m1/s1. The van der Waals surface area contributed by atoms with E-state index in [1.807, 2.05) is 40.3 Å². The van der Waals surface area contributed by atoms with Gasteiger partial charge in [-0.25, -0.2) is 0 Å². The van der Waals surface area contributed by atoms with Crippen molar-refractivity contribution in [2.75, 3.05) is 44.8 Å². The highest BCUT2D eigenvalue weighted by molar-refractivity contribution is 5.89. The zero-order valence-corrected chi connectivity index (χ0v) is 19.9. The summed E-state index contributed by atoms with van der Waals surface area (Å²) in [5.74, 6) is 0.102. The van der Waals surface area contributed by atoms with Gasteiger partial charge in [0.25, 0.3) is 0 Å². The predicted molar refractivity (Wildman–Crippen MR) is 129 cm³/mol. The van der Waals surface area contributed by atoms with Crippen LogP contribution in [-0.2, 0) is 22.1 Å². The number of anilines is 1. The Balaban J connectivity index is 1.35. The number of hydrogen-bond acceptors (Lipinski definition) is 4. The molecule has 6 nitrogen and oxygen atoms in total. The van der Waals surface area contributed by atoms with Crippen molar-refractivity contribution in [2.24, 2.45) is 11.3 Å². The number of fused-ring (bicyclic) bond motifs is 2. The second-order valence-corrected chi connectivity index (χ2v) is 9.84. The van der Waals surface area contributed by atoms with E-state index in [4.69, 9.17) is 10.00 Å². The third-order valence-electron chi connectivity index (χ3n) is 7.73. The van der Waals surface area contributed by atoms with E-state index in [2.05, 4.69) is 4.98 Å². The van der Waals surface area contributed by atoms with Crippen LogP contribution in [0.5, 0.6) is 0 Å². The Morgan fingerprint density at radius 3 is 2.81 bits per heavy atom. The third kappa shape index (κ3) is 4.30. The number of nitrogens with zero attached hydrogens (tertiary/aromatic N) is 3. The van der Waals surface area contributed by atoms with Crippen LogP contribution in [0.4, 0.5) is 18.9 Å². The first-order chi connectivity index (χ1) is 17.2. The maximum atomic E-state index is 13.6. The van der Waals surface area contributed by atoms with Gasteiger partial charge < -0.3 is 19.5 Å². The number of ether oxygens (including phenoxy) is 1. The van der Waals surface area contributed by atoms with Gasteiger partial charge >= 0.3 is 6.18 Å². The molecule has 2 atom stereocenters. The van der Waals surface area contributed by atoms with Crippen LogP contribution in [0.2, 0.25) is 0 Å². The molecule has 2 saturated heterocycles. The lowest BCUT2D eigenvalue weighted by Crippen LogP contribution is -2.51. The van der Waals surface area contributed by atoms with E-state index in [1.54, 1.807) is 19.2 Å². The van der Waals surface area contributed by atoms with Crippen LogP contribution in [0.3, 0.4) is 0 Å². The highest BCUT2D eigenvalue weighted by atomic mass is 19.4. The molecule has 0 aliphatic carbocycles. The number of hydrogen-bond donors (Lipinski definition) is 1. The normalized spacial score (nSPS) is 22.0. The van der Waals surface area contributed by atoms with E-state index in [-0.39, 0.29) is 22.8 Å². The van der Waals surface area contributed by atoms with Crippen molar-refractivity contribution < 1.29 is 22.7 Å². The fraction of sp³-hybridized carbons (Fsp3) is 0.407. The third-order valence-corrected chi connectivity index (χ3v) is 7.73. The van der Waals surface area contributed by atoms with Gasteiger partial charge in [-0.15, -0.1) is 0 Å². The lowest BCUT2D eigenvalue weighted by molar-refractivity contribution is -0.138. The quantitative estimate of drug-likeness (QED) is 0.560. The Morgan fingerprint density at radius 1 is 1.25 bits per heavy atom. The second-order valence-electron chi connectivity index (χ2n) is 9.84. The SMILES string of the molecule is COC[C@@]12CCN(C(=O)Cc3c[nH]c4ccccc34)C[C@@H]1CN(c1ccc(C#N)c(C(F)(F)F)c1)C2. The monoisotopic (exact) mass is 496 g/mol. The van der Waals surface area contributed by atoms with Gasteiger partial charge in [-0.1, -0.05) is 18.2 Å². The number of H-pyrrole nitrogens is 1. The van der Waals surface area contributed by atoms with Crippen molar-refractivity contribution in [1.82, 2.24) is 9.88 Å². The number of carbonyl (C=O) groups is 1. The Labute approximate surface area is 207 Å². The molecule has 5 rings (SSSR count). The lowest BCUT2D eigenvalue weighted by atomic mass is 9.73. The zero-order chi connectivity index (χ0) is 25.5. The van der Waals surface area contributed by atoms with Gasteiger partial charge in [-0.2, -0.15) is 18.4 Å². The number of methoxy groups -OCH3 is 1. The molecule has 0 unspecified atom stereocenters. The molecule has 188 valence electrons.